The lowest BCUT2D eigenvalue weighted by molar-refractivity contribution is -0.122. The Morgan fingerprint density at radius 1 is 1.16 bits per heavy atom. The van der Waals surface area contributed by atoms with Gasteiger partial charge in [0.25, 0.3) is 5.91 Å². The fourth-order valence-corrected chi connectivity index (χ4v) is 5.33. The van der Waals surface area contributed by atoms with Gasteiger partial charge in [-0.3, -0.25) is 9.69 Å². The molecule has 11 heteroatoms. The summed E-state index contributed by atoms with van der Waals surface area (Å²) >= 11 is 19.0. The summed E-state index contributed by atoms with van der Waals surface area (Å²) in [6.07, 6.45) is 2.21. The van der Waals surface area contributed by atoms with Gasteiger partial charge in [-0.05, 0) is 61.0 Å². The van der Waals surface area contributed by atoms with Crippen LogP contribution in [0.25, 0.3) is 17.3 Å². The highest BCUT2D eigenvalue weighted by atomic mass is 35.5. The molecule has 0 radical (unpaired) electrons. The summed E-state index contributed by atoms with van der Waals surface area (Å²) in [7, 11) is 1.44. The maximum Gasteiger partial charge on any atom is 0.335 e. The molecule has 2 heterocycles. The second kappa shape index (κ2) is 12.0. The van der Waals surface area contributed by atoms with Crippen molar-refractivity contribution in [1.29, 1.82) is 0 Å². The van der Waals surface area contributed by atoms with Crippen molar-refractivity contribution >= 4 is 69.5 Å². The third-order valence-electron chi connectivity index (χ3n) is 5.32. The Balaban J connectivity index is 1.39. The van der Waals surface area contributed by atoms with E-state index in [9.17, 15) is 9.59 Å². The van der Waals surface area contributed by atoms with Gasteiger partial charge in [0.2, 0.25) is 0 Å². The Bertz CT molecular complexity index is 1410. The third kappa shape index (κ3) is 6.42. The van der Waals surface area contributed by atoms with Crippen molar-refractivity contribution in [1.82, 2.24) is 9.88 Å². The number of aromatic nitrogens is 1. The number of carboxylic acids is 1. The van der Waals surface area contributed by atoms with Crippen LogP contribution in [-0.2, 0) is 4.79 Å². The number of methoxy groups -OCH3 is 1. The average Bonchev–Trinajstić information content (AvgIpc) is 3.13. The second-order valence-electron chi connectivity index (χ2n) is 7.78. The predicted molar refractivity (Wildman–Crippen MR) is 150 cm³/mol. The van der Waals surface area contributed by atoms with Crippen molar-refractivity contribution < 1.29 is 24.2 Å². The first-order valence-corrected chi connectivity index (χ1v) is 13.0. The number of hydrogen-bond donors (Lipinski definition) is 1. The second-order valence-corrected chi connectivity index (χ2v) is 10.3. The number of aromatic carboxylic acids is 1. The van der Waals surface area contributed by atoms with E-state index in [-0.39, 0.29) is 18.1 Å². The lowest BCUT2D eigenvalue weighted by Gasteiger charge is -2.15. The first-order valence-electron chi connectivity index (χ1n) is 11.0. The number of rotatable bonds is 9. The summed E-state index contributed by atoms with van der Waals surface area (Å²) < 4.78 is 11.4. The number of carboxylic acid groups (broad SMARTS) is 1. The van der Waals surface area contributed by atoms with Crippen LogP contribution in [0.3, 0.4) is 0 Å². The molecule has 1 N–H and O–H groups in total. The van der Waals surface area contributed by atoms with E-state index in [2.05, 4.69) is 4.98 Å². The van der Waals surface area contributed by atoms with Crippen LogP contribution in [-0.4, -0.2) is 51.4 Å². The van der Waals surface area contributed by atoms with Gasteiger partial charge in [0, 0.05) is 17.1 Å². The van der Waals surface area contributed by atoms with Gasteiger partial charge in [-0.2, -0.15) is 0 Å². The van der Waals surface area contributed by atoms with Crippen LogP contribution in [0.1, 0.15) is 22.5 Å². The highest BCUT2D eigenvalue weighted by Gasteiger charge is 2.31. The van der Waals surface area contributed by atoms with Gasteiger partial charge in [-0.25, -0.2) is 9.78 Å². The minimum absolute atomic E-state index is 0.102. The quantitative estimate of drug-likeness (QED) is 0.177. The number of thiocarbonyl (C=S) groups is 1. The number of thioether (sulfide) groups is 1. The number of pyridine rings is 1. The number of carbonyl (C=O) groups excluding carboxylic acids is 1. The molecule has 1 amide bonds. The average molecular weight is 575 g/mol. The summed E-state index contributed by atoms with van der Waals surface area (Å²) in [5.74, 6) is -0.509. The molecule has 0 bridgehead atoms. The fourth-order valence-electron chi connectivity index (χ4n) is 3.53. The summed E-state index contributed by atoms with van der Waals surface area (Å²) in [5, 5.41) is 10.1. The number of nitrogens with zero attached hydrogens (tertiary/aromatic N) is 2. The molecule has 0 spiro atoms. The van der Waals surface area contributed by atoms with E-state index in [1.54, 1.807) is 36.4 Å². The molecule has 1 saturated heterocycles. The minimum Gasteiger partial charge on any atom is -0.493 e. The molecule has 1 aliphatic rings. The van der Waals surface area contributed by atoms with Crippen molar-refractivity contribution in [3.63, 3.8) is 0 Å². The highest BCUT2D eigenvalue weighted by molar-refractivity contribution is 8.26. The molecule has 3 aromatic rings. The Labute approximate surface area is 233 Å². The smallest absolute Gasteiger partial charge is 0.335 e. The fraction of sp³-hybridized carbons (Fsp3) is 0.154. The van der Waals surface area contributed by atoms with Crippen LogP contribution >= 0.6 is 47.2 Å². The summed E-state index contributed by atoms with van der Waals surface area (Å²) in [4.78, 5) is 30.8. The van der Waals surface area contributed by atoms with Crippen molar-refractivity contribution in [3.05, 3.63) is 80.8 Å². The molecule has 2 aromatic carbocycles. The Kier molecular flexibility index (Phi) is 8.71. The summed E-state index contributed by atoms with van der Waals surface area (Å²) in [5.41, 5.74) is 2.10. The van der Waals surface area contributed by atoms with E-state index in [1.165, 1.54) is 35.9 Å². The number of ether oxygens (including phenoxy) is 2. The van der Waals surface area contributed by atoms with Gasteiger partial charge >= 0.3 is 5.97 Å². The first-order chi connectivity index (χ1) is 17.8. The molecule has 37 heavy (non-hydrogen) atoms. The van der Waals surface area contributed by atoms with E-state index in [0.717, 1.165) is 5.56 Å². The van der Waals surface area contributed by atoms with Crippen LogP contribution < -0.4 is 9.47 Å². The molecule has 4 rings (SSSR count). The lowest BCUT2D eigenvalue weighted by atomic mass is 10.1. The van der Waals surface area contributed by atoms with Crippen molar-refractivity contribution in [3.8, 4) is 22.8 Å². The molecule has 0 atom stereocenters. The van der Waals surface area contributed by atoms with Gasteiger partial charge in [-0.15, -0.1) is 0 Å². The van der Waals surface area contributed by atoms with Crippen LogP contribution in [0, 0.1) is 0 Å². The maximum absolute atomic E-state index is 13.0. The topological polar surface area (TPSA) is 89.0 Å². The van der Waals surface area contributed by atoms with Crippen molar-refractivity contribution in [2.75, 3.05) is 20.3 Å². The number of hydrogen-bond acceptors (Lipinski definition) is 7. The number of halogens is 2. The van der Waals surface area contributed by atoms with Crippen LogP contribution in [0.2, 0.25) is 10.0 Å². The zero-order chi connectivity index (χ0) is 26.5. The highest BCUT2D eigenvalue weighted by Crippen LogP contribution is 2.34. The van der Waals surface area contributed by atoms with E-state index in [1.807, 2.05) is 12.1 Å². The van der Waals surface area contributed by atoms with Crippen molar-refractivity contribution in [2.45, 2.75) is 6.42 Å². The molecule has 190 valence electrons. The van der Waals surface area contributed by atoms with Gasteiger partial charge in [0.1, 0.15) is 4.32 Å². The van der Waals surface area contributed by atoms with E-state index in [0.29, 0.717) is 55.1 Å². The molecule has 1 fully saturated rings. The molecule has 0 unspecified atom stereocenters. The molecule has 1 aromatic heterocycles. The number of carbonyl (C=O) groups is 2. The van der Waals surface area contributed by atoms with Crippen LogP contribution in [0.4, 0.5) is 0 Å². The molecule has 0 saturated carbocycles. The lowest BCUT2D eigenvalue weighted by Crippen LogP contribution is -2.30. The minimum atomic E-state index is -1.05. The molecular weight excluding hydrogens is 555 g/mol. The zero-order valence-electron chi connectivity index (χ0n) is 19.4. The number of benzene rings is 2. The molecule has 0 aliphatic carbocycles. The SMILES string of the molecule is COc1cc(C(=O)O)ccc1OCCCN1C(=O)C(=Cc2cccc(-c3ccc(Cl)cc3Cl)n2)SC1=S. The predicted octanol–water partition coefficient (Wildman–Crippen LogP) is 6.43. The number of amides is 1. The van der Waals surface area contributed by atoms with Crippen LogP contribution in [0.15, 0.2) is 59.5 Å². The third-order valence-corrected chi connectivity index (χ3v) is 7.25. The first kappa shape index (κ1) is 26.9. The normalized spacial score (nSPS) is 14.4. The zero-order valence-corrected chi connectivity index (χ0v) is 22.6. The molecular formula is C26H20Cl2N2O5S2. The Hall–Kier alpha value is -3.11. The Morgan fingerprint density at radius 2 is 1.97 bits per heavy atom. The maximum atomic E-state index is 13.0. The van der Waals surface area contributed by atoms with E-state index in [4.69, 9.17) is 50.0 Å². The van der Waals surface area contributed by atoms with E-state index < -0.39 is 5.97 Å². The summed E-state index contributed by atoms with van der Waals surface area (Å²) in [6, 6.07) is 15.1. The molecule has 1 aliphatic heterocycles. The van der Waals surface area contributed by atoms with Crippen LogP contribution in [0.5, 0.6) is 11.5 Å². The Morgan fingerprint density at radius 3 is 2.70 bits per heavy atom. The van der Waals surface area contributed by atoms with Gasteiger partial charge in [-0.1, -0.05) is 53.2 Å². The largest absolute Gasteiger partial charge is 0.493 e. The van der Waals surface area contributed by atoms with E-state index >= 15 is 0 Å². The molecule has 7 nitrogen and oxygen atoms in total. The van der Waals surface area contributed by atoms with Crippen molar-refractivity contribution in [2.24, 2.45) is 0 Å². The summed E-state index contributed by atoms with van der Waals surface area (Å²) in [6.45, 7) is 0.649. The van der Waals surface area contributed by atoms with Gasteiger partial charge in [0.05, 0.1) is 40.6 Å². The standard InChI is InChI=1S/C26H20Cl2N2O5S2/c1-34-22-12-15(25(32)33)6-9-21(22)35-11-3-10-30-24(31)23(37-26(30)36)14-17-4-2-5-20(29-17)18-8-7-16(27)13-19(18)28/h2,4-9,12-14H,3,10-11H2,1H3,(H,32,33). The monoisotopic (exact) mass is 574 g/mol. The van der Waals surface area contributed by atoms with Gasteiger partial charge < -0.3 is 14.6 Å². The van der Waals surface area contributed by atoms with Gasteiger partial charge in [0.15, 0.2) is 11.5 Å².